The Kier molecular flexibility index (Phi) is 4.63. The van der Waals surface area contributed by atoms with Crippen LogP contribution >= 0.6 is 22.2 Å². The zero-order chi connectivity index (χ0) is 15.0. The summed E-state index contributed by atoms with van der Waals surface area (Å²) >= 11 is 5.65. The largest absolute Gasteiger partial charge is 0.299 e. The molecule has 1 aromatic rings. The maximum atomic E-state index is 12.4. The molecule has 1 aliphatic heterocycles. The summed E-state index contributed by atoms with van der Waals surface area (Å²) in [5.74, 6) is 0.493. The van der Waals surface area contributed by atoms with Crippen LogP contribution in [0.1, 0.15) is 12.8 Å². The van der Waals surface area contributed by atoms with Crippen molar-refractivity contribution in [2.45, 2.75) is 23.8 Å². The molecule has 2 rings (SSSR count). The summed E-state index contributed by atoms with van der Waals surface area (Å²) < 4.78 is 45.3. The molecule has 0 spiro atoms. The lowest BCUT2D eigenvalue weighted by Crippen LogP contribution is -2.41. The topological polar surface area (TPSA) is 90.7 Å². The number of sulfonamides is 1. The zero-order valence-corrected chi connectivity index (χ0v) is 13.3. The van der Waals surface area contributed by atoms with Crippen molar-refractivity contribution < 1.29 is 17.5 Å². The molecule has 0 aromatic carbocycles. The first-order valence-electron chi connectivity index (χ1n) is 6.05. The van der Waals surface area contributed by atoms with Crippen molar-refractivity contribution in [3.63, 3.8) is 0 Å². The molecule has 0 atom stereocenters. The van der Waals surface area contributed by atoms with Crippen LogP contribution in [0.3, 0.4) is 0 Å². The van der Waals surface area contributed by atoms with E-state index in [0.29, 0.717) is 12.8 Å². The Balaban J connectivity index is 2.16. The van der Waals surface area contributed by atoms with E-state index in [2.05, 4.69) is 4.98 Å². The highest BCUT2D eigenvalue weighted by Gasteiger charge is 2.33. The molecule has 0 amide bonds. The smallest absolute Gasteiger partial charge is 0.244 e. The van der Waals surface area contributed by atoms with Gasteiger partial charge in [-0.3, -0.25) is 9.11 Å². The Morgan fingerprint density at radius 1 is 1.35 bits per heavy atom. The maximum absolute atomic E-state index is 12.4. The second kappa shape index (κ2) is 5.78. The van der Waals surface area contributed by atoms with Crippen LogP contribution in [0.25, 0.3) is 0 Å². The highest BCUT2D eigenvalue weighted by atomic mass is 35.5. The van der Waals surface area contributed by atoms with E-state index >= 15 is 0 Å². The van der Waals surface area contributed by atoms with Crippen molar-refractivity contribution in [3.05, 3.63) is 23.5 Å². The average molecular weight is 341 g/mol. The molecule has 1 fully saturated rings. The first kappa shape index (κ1) is 16.0. The zero-order valence-electron chi connectivity index (χ0n) is 10.9. The Labute approximate surface area is 125 Å². The van der Waals surface area contributed by atoms with Gasteiger partial charge in [0.2, 0.25) is 10.0 Å². The molecule has 20 heavy (non-hydrogen) atoms. The summed E-state index contributed by atoms with van der Waals surface area (Å²) in [6, 6.07) is 2.62. The molecule has 0 unspecified atom stereocenters. The van der Waals surface area contributed by atoms with Crippen LogP contribution in [0.2, 0.25) is 5.15 Å². The van der Waals surface area contributed by atoms with Crippen LogP contribution in [0, 0.1) is 0 Å². The van der Waals surface area contributed by atoms with Crippen molar-refractivity contribution in [2.75, 3.05) is 18.6 Å². The summed E-state index contributed by atoms with van der Waals surface area (Å²) in [5, 5.41) is 0.234. The molecule has 2 heterocycles. The Morgan fingerprint density at radius 3 is 2.45 bits per heavy atom. The van der Waals surface area contributed by atoms with Crippen LogP contribution in [0.4, 0.5) is 0 Å². The Bertz CT molecular complexity index is 567. The van der Waals surface area contributed by atoms with Crippen LogP contribution in [-0.2, 0) is 10.0 Å². The molecule has 0 radical (unpaired) electrons. The number of nitrogens with zero attached hydrogens (tertiary/aromatic N) is 2. The highest BCUT2D eigenvalue weighted by Crippen LogP contribution is 2.45. The molecule has 114 valence electrons. The molecule has 6 nitrogen and oxygen atoms in total. The van der Waals surface area contributed by atoms with Gasteiger partial charge in [-0.05, 0) is 25.0 Å². The number of hydrogen-bond acceptors (Lipinski definition) is 5. The predicted molar refractivity (Wildman–Crippen MR) is 79.8 cm³/mol. The summed E-state index contributed by atoms with van der Waals surface area (Å²) in [7, 11) is -4.65. The van der Waals surface area contributed by atoms with Gasteiger partial charge in [0.05, 0.1) is 0 Å². The number of pyridine rings is 1. The van der Waals surface area contributed by atoms with Gasteiger partial charge in [0.1, 0.15) is 10.0 Å². The van der Waals surface area contributed by atoms with Gasteiger partial charge in [-0.1, -0.05) is 11.6 Å². The number of aromatic nitrogens is 1. The van der Waals surface area contributed by atoms with Crippen LogP contribution in [0.5, 0.6) is 0 Å². The maximum Gasteiger partial charge on any atom is 0.244 e. The second-order valence-corrected chi connectivity index (χ2v) is 9.59. The lowest BCUT2D eigenvalue weighted by atomic mass is 10.2. The SMILES string of the molecule is CN(C1CCS(O)(O)CC1)S(=O)(=O)c1ccc(Cl)nc1. The number of rotatable bonds is 3. The van der Waals surface area contributed by atoms with E-state index in [9.17, 15) is 17.5 Å². The summed E-state index contributed by atoms with van der Waals surface area (Å²) in [6.07, 6.45) is 2.11. The molecule has 1 aromatic heterocycles. The third-order valence-corrected chi connectivity index (χ3v) is 7.34. The minimum atomic E-state index is -3.63. The van der Waals surface area contributed by atoms with Gasteiger partial charge in [-0.25, -0.2) is 13.4 Å². The van der Waals surface area contributed by atoms with Crippen molar-refractivity contribution in [2.24, 2.45) is 0 Å². The van der Waals surface area contributed by atoms with E-state index in [0.717, 1.165) is 0 Å². The quantitative estimate of drug-likeness (QED) is 0.824. The summed E-state index contributed by atoms with van der Waals surface area (Å²) in [5.41, 5.74) is 0. The molecule has 1 saturated heterocycles. The van der Waals surface area contributed by atoms with Crippen molar-refractivity contribution in [1.82, 2.24) is 9.29 Å². The van der Waals surface area contributed by atoms with E-state index in [1.807, 2.05) is 0 Å². The molecule has 0 aliphatic carbocycles. The van der Waals surface area contributed by atoms with Crippen molar-refractivity contribution >= 4 is 32.2 Å². The van der Waals surface area contributed by atoms with Crippen LogP contribution < -0.4 is 0 Å². The molecule has 9 heteroatoms. The molecular formula is C11H17ClN2O4S2. The summed E-state index contributed by atoms with van der Waals surface area (Å²) in [4.78, 5) is 3.86. The highest BCUT2D eigenvalue weighted by molar-refractivity contribution is 8.24. The lowest BCUT2D eigenvalue weighted by molar-refractivity contribution is 0.332. The molecule has 0 bridgehead atoms. The lowest BCUT2D eigenvalue weighted by Gasteiger charge is -2.41. The fourth-order valence-electron chi connectivity index (χ4n) is 2.14. The van der Waals surface area contributed by atoms with Gasteiger partial charge < -0.3 is 0 Å². The van der Waals surface area contributed by atoms with Gasteiger partial charge in [0.15, 0.2) is 0 Å². The predicted octanol–water partition coefficient (Wildman–Crippen LogP) is 2.27. The first-order chi connectivity index (χ1) is 9.22. The van der Waals surface area contributed by atoms with Gasteiger partial charge in [0.25, 0.3) is 0 Å². The standard InChI is InChI=1S/C11H17ClN2O4S2/c1-14(9-4-6-19(15,16)7-5-9)20(17,18)10-2-3-11(12)13-8-10/h2-3,8-9,15-16H,4-7H2,1H3. The fourth-order valence-corrected chi connectivity index (χ4v) is 5.11. The molecule has 1 aliphatic rings. The van der Waals surface area contributed by atoms with E-state index in [1.54, 1.807) is 0 Å². The minimum Gasteiger partial charge on any atom is -0.299 e. The van der Waals surface area contributed by atoms with Crippen LogP contribution in [0.15, 0.2) is 23.2 Å². The van der Waals surface area contributed by atoms with Gasteiger partial charge in [0, 0.05) is 30.8 Å². The monoisotopic (exact) mass is 340 g/mol. The first-order valence-corrected chi connectivity index (χ1v) is 9.76. The van der Waals surface area contributed by atoms with Crippen LogP contribution in [-0.4, -0.2) is 51.4 Å². The second-order valence-electron chi connectivity index (χ2n) is 4.78. The average Bonchev–Trinajstić information content (AvgIpc) is 2.38. The molecule has 0 saturated carbocycles. The van der Waals surface area contributed by atoms with Crippen molar-refractivity contribution in [1.29, 1.82) is 0 Å². The normalized spacial score (nSPS) is 21.9. The number of hydrogen-bond donors (Lipinski definition) is 2. The minimum absolute atomic E-state index is 0.0848. The van der Waals surface area contributed by atoms with Gasteiger partial charge >= 0.3 is 0 Å². The van der Waals surface area contributed by atoms with E-state index in [1.165, 1.54) is 29.7 Å². The van der Waals surface area contributed by atoms with E-state index in [4.69, 9.17) is 11.6 Å². The van der Waals surface area contributed by atoms with E-state index < -0.39 is 20.6 Å². The van der Waals surface area contributed by atoms with Gasteiger partial charge in [-0.2, -0.15) is 14.9 Å². The van der Waals surface area contributed by atoms with Crippen molar-refractivity contribution in [3.8, 4) is 0 Å². The Morgan fingerprint density at radius 2 is 1.95 bits per heavy atom. The summed E-state index contributed by atoms with van der Waals surface area (Å²) in [6.45, 7) is 0. The third kappa shape index (κ3) is 3.44. The third-order valence-electron chi connectivity index (χ3n) is 3.45. The Hall–Kier alpha value is -0.380. The van der Waals surface area contributed by atoms with Gasteiger partial charge in [-0.15, -0.1) is 0 Å². The molecule has 2 N–H and O–H groups in total. The number of halogens is 1. The fraction of sp³-hybridized carbons (Fsp3) is 0.545. The molecular weight excluding hydrogens is 324 g/mol. The van der Waals surface area contributed by atoms with E-state index in [-0.39, 0.29) is 27.6 Å².